The van der Waals surface area contributed by atoms with Crippen molar-refractivity contribution in [3.63, 3.8) is 0 Å². The molecule has 1 nitrogen and oxygen atoms in total. The van der Waals surface area contributed by atoms with Gasteiger partial charge in [0.2, 0.25) is 0 Å². The lowest BCUT2D eigenvalue weighted by atomic mass is 10.1. The summed E-state index contributed by atoms with van der Waals surface area (Å²) in [5.74, 6) is 0. The van der Waals surface area contributed by atoms with Gasteiger partial charge in [-0.3, -0.25) is 0 Å². The molecular formula is C23H17ClF3NS. The largest absolute Gasteiger partial charge is 0.416 e. The van der Waals surface area contributed by atoms with Crippen LogP contribution >= 0.6 is 23.4 Å². The van der Waals surface area contributed by atoms with Crippen LogP contribution in [0, 0.1) is 6.92 Å². The maximum Gasteiger partial charge on any atom is 0.416 e. The van der Waals surface area contributed by atoms with Crippen LogP contribution in [0.15, 0.2) is 94.2 Å². The molecule has 148 valence electrons. The monoisotopic (exact) mass is 431 g/mol. The Morgan fingerprint density at radius 2 is 1.52 bits per heavy atom. The van der Waals surface area contributed by atoms with E-state index < -0.39 is 11.7 Å². The van der Waals surface area contributed by atoms with Crippen molar-refractivity contribution in [1.29, 1.82) is 0 Å². The summed E-state index contributed by atoms with van der Waals surface area (Å²) in [6.45, 7) is 2.02. The summed E-state index contributed by atoms with van der Waals surface area (Å²) in [6.07, 6.45) is -2.58. The summed E-state index contributed by atoms with van der Waals surface area (Å²) >= 11 is 7.43. The van der Waals surface area contributed by atoms with Gasteiger partial charge in [-0.25, -0.2) is 4.99 Å². The van der Waals surface area contributed by atoms with E-state index in [1.54, 1.807) is 30.3 Å². The second-order valence-corrected chi connectivity index (χ2v) is 7.70. The fraction of sp³-hybridized carbons (Fsp3) is 0.0870. The van der Waals surface area contributed by atoms with E-state index in [0.717, 1.165) is 17.0 Å². The quantitative estimate of drug-likeness (QED) is 0.293. The number of allylic oxidation sites excluding steroid dienone is 1. The van der Waals surface area contributed by atoms with Crippen molar-refractivity contribution in [1.82, 2.24) is 0 Å². The van der Waals surface area contributed by atoms with Crippen molar-refractivity contribution < 1.29 is 13.2 Å². The molecule has 0 amide bonds. The van der Waals surface area contributed by atoms with Crippen LogP contribution in [0.4, 0.5) is 18.9 Å². The third-order valence-corrected chi connectivity index (χ3v) is 5.10. The molecule has 3 aromatic carbocycles. The zero-order chi connectivity index (χ0) is 20.9. The molecule has 3 aromatic rings. The Balaban J connectivity index is 1.89. The molecule has 0 aliphatic heterocycles. The highest BCUT2D eigenvalue weighted by Crippen LogP contribution is 2.29. The van der Waals surface area contributed by atoms with Crippen molar-refractivity contribution in [2.75, 3.05) is 0 Å². The van der Waals surface area contributed by atoms with Gasteiger partial charge in [-0.05, 0) is 66.9 Å². The predicted molar refractivity (Wildman–Crippen MR) is 115 cm³/mol. The molecule has 0 aliphatic rings. The average Bonchev–Trinajstić information content (AvgIpc) is 2.70. The molecule has 29 heavy (non-hydrogen) atoms. The van der Waals surface area contributed by atoms with E-state index in [9.17, 15) is 13.2 Å². The maximum atomic E-state index is 12.9. The van der Waals surface area contributed by atoms with Crippen molar-refractivity contribution in [3.05, 3.63) is 106 Å². The molecule has 0 atom stereocenters. The number of hydrogen-bond acceptors (Lipinski definition) is 2. The molecule has 0 saturated carbocycles. The minimum absolute atomic E-state index is 0.556. The summed E-state index contributed by atoms with van der Waals surface area (Å²) in [5, 5.41) is 2.46. The molecule has 3 rings (SSSR count). The van der Waals surface area contributed by atoms with Crippen LogP contribution in [0.2, 0.25) is 5.02 Å². The van der Waals surface area contributed by atoms with Crippen LogP contribution in [0.5, 0.6) is 0 Å². The van der Waals surface area contributed by atoms with E-state index in [0.29, 0.717) is 22.0 Å². The summed E-state index contributed by atoms with van der Waals surface area (Å²) in [5.41, 5.74) is 2.29. The lowest BCUT2D eigenvalue weighted by Gasteiger charge is -2.08. The van der Waals surface area contributed by atoms with Crippen LogP contribution in [-0.4, -0.2) is 5.71 Å². The Bertz CT molecular complexity index is 1010. The number of aliphatic imine (C=N–C) groups is 1. The minimum atomic E-state index is -4.37. The highest BCUT2D eigenvalue weighted by atomic mass is 35.5. The van der Waals surface area contributed by atoms with E-state index in [1.807, 2.05) is 36.6 Å². The summed E-state index contributed by atoms with van der Waals surface area (Å²) < 4.78 is 38.6. The smallest absolute Gasteiger partial charge is 0.248 e. The molecule has 0 aromatic heterocycles. The van der Waals surface area contributed by atoms with E-state index in [-0.39, 0.29) is 0 Å². The summed E-state index contributed by atoms with van der Waals surface area (Å²) in [4.78, 5) is 5.64. The fourth-order valence-corrected chi connectivity index (χ4v) is 3.25. The normalized spacial score (nSPS) is 12.5. The second-order valence-electron chi connectivity index (χ2n) is 6.28. The maximum absolute atomic E-state index is 12.9. The van der Waals surface area contributed by atoms with Gasteiger partial charge in [-0.1, -0.05) is 53.2 Å². The van der Waals surface area contributed by atoms with Crippen molar-refractivity contribution in [2.45, 2.75) is 18.0 Å². The molecule has 0 saturated heterocycles. The number of benzene rings is 3. The van der Waals surface area contributed by atoms with Crippen LogP contribution in [0.3, 0.4) is 0 Å². The van der Waals surface area contributed by atoms with Gasteiger partial charge in [-0.2, -0.15) is 13.2 Å². The van der Waals surface area contributed by atoms with Crippen molar-refractivity contribution in [3.8, 4) is 0 Å². The number of alkyl halides is 3. The Hall–Kier alpha value is -2.50. The van der Waals surface area contributed by atoms with Crippen molar-refractivity contribution in [2.24, 2.45) is 4.99 Å². The van der Waals surface area contributed by atoms with E-state index in [4.69, 9.17) is 11.6 Å². The molecule has 0 aliphatic carbocycles. The van der Waals surface area contributed by atoms with Gasteiger partial charge in [0, 0.05) is 15.5 Å². The Kier molecular flexibility index (Phi) is 6.83. The average molecular weight is 432 g/mol. The lowest BCUT2D eigenvalue weighted by molar-refractivity contribution is -0.137. The first kappa shape index (κ1) is 21.2. The predicted octanol–water partition coefficient (Wildman–Crippen LogP) is 8.09. The van der Waals surface area contributed by atoms with Crippen LogP contribution < -0.4 is 0 Å². The Morgan fingerprint density at radius 3 is 2.10 bits per heavy atom. The minimum Gasteiger partial charge on any atom is -0.248 e. The zero-order valence-corrected chi connectivity index (χ0v) is 17.0. The van der Waals surface area contributed by atoms with Crippen LogP contribution in [0.1, 0.15) is 16.7 Å². The Morgan fingerprint density at radius 1 is 0.897 bits per heavy atom. The SMILES string of the molecule is Cc1ccc(SC=CC(=Nc2ccc(Cl)cc2)c2ccc(C(F)(F)F)cc2)cc1. The van der Waals surface area contributed by atoms with Gasteiger partial charge in [-0.15, -0.1) is 0 Å². The highest BCUT2D eigenvalue weighted by Gasteiger charge is 2.30. The van der Waals surface area contributed by atoms with Gasteiger partial charge in [0.05, 0.1) is 17.0 Å². The molecule has 6 heteroatoms. The van der Waals surface area contributed by atoms with Crippen molar-refractivity contribution >= 4 is 34.8 Å². The fourth-order valence-electron chi connectivity index (χ4n) is 2.48. The molecule has 0 radical (unpaired) electrons. The third-order valence-electron chi connectivity index (χ3n) is 4.04. The molecule has 0 spiro atoms. The van der Waals surface area contributed by atoms with Gasteiger partial charge >= 0.3 is 6.18 Å². The number of rotatable bonds is 5. The van der Waals surface area contributed by atoms with Gasteiger partial charge < -0.3 is 0 Å². The Labute approximate surface area is 176 Å². The molecule has 0 fully saturated rings. The highest BCUT2D eigenvalue weighted by molar-refractivity contribution is 8.02. The number of nitrogens with zero attached hydrogens (tertiary/aromatic N) is 1. The molecule has 0 N–H and O–H groups in total. The number of aryl methyl sites for hydroxylation is 1. The van der Waals surface area contributed by atoms with Gasteiger partial charge in [0.15, 0.2) is 0 Å². The number of hydrogen-bond donors (Lipinski definition) is 0. The first-order valence-corrected chi connectivity index (χ1v) is 9.99. The topological polar surface area (TPSA) is 12.4 Å². The van der Waals surface area contributed by atoms with Crippen LogP contribution in [-0.2, 0) is 6.18 Å². The third kappa shape index (κ3) is 6.24. The standard InChI is InChI=1S/C23H17ClF3NS/c1-16-2-12-21(13-3-16)29-15-14-22(28-20-10-8-19(24)9-11-20)17-4-6-18(7-5-17)23(25,26)27/h2-15H,1H3. The second kappa shape index (κ2) is 9.33. The van der Waals surface area contributed by atoms with E-state index in [1.165, 1.54) is 29.5 Å². The lowest BCUT2D eigenvalue weighted by Crippen LogP contribution is -2.05. The number of halogens is 4. The molecule has 0 heterocycles. The van der Waals surface area contributed by atoms with Gasteiger partial charge in [0.1, 0.15) is 0 Å². The van der Waals surface area contributed by atoms with Crippen LogP contribution in [0.25, 0.3) is 0 Å². The first-order chi connectivity index (χ1) is 13.8. The molecular weight excluding hydrogens is 415 g/mol. The van der Waals surface area contributed by atoms with E-state index >= 15 is 0 Å². The summed E-state index contributed by atoms with van der Waals surface area (Å²) in [7, 11) is 0. The molecule has 0 bridgehead atoms. The van der Waals surface area contributed by atoms with E-state index in [2.05, 4.69) is 4.99 Å². The number of thioether (sulfide) groups is 1. The summed E-state index contributed by atoms with van der Waals surface area (Å²) in [6, 6.07) is 20.0. The van der Waals surface area contributed by atoms with Gasteiger partial charge in [0.25, 0.3) is 0 Å². The first-order valence-electron chi connectivity index (χ1n) is 8.73. The molecule has 0 unspecified atom stereocenters. The zero-order valence-electron chi connectivity index (χ0n) is 15.5.